The van der Waals surface area contributed by atoms with Gasteiger partial charge in [-0.1, -0.05) is 0 Å². The summed E-state index contributed by atoms with van der Waals surface area (Å²) in [6.45, 7) is 4.39. The Morgan fingerprint density at radius 3 is 2.95 bits per heavy atom. The summed E-state index contributed by atoms with van der Waals surface area (Å²) in [5.41, 5.74) is 2.94. The van der Waals surface area contributed by atoms with Crippen molar-refractivity contribution in [3.05, 3.63) is 29.3 Å². The summed E-state index contributed by atoms with van der Waals surface area (Å²) in [7, 11) is 3.60. The maximum absolute atomic E-state index is 12.4. The largest absolute Gasteiger partial charge is 0.388 e. The van der Waals surface area contributed by atoms with Gasteiger partial charge in [0.2, 0.25) is 0 Å². The minimum absolute atomic E-state index is 0.129. The molecule has 104 valence electrons. The number of anilines is 1. The maximum Gasteiger partial charge on any atom is 0.253 e. The van der Waals surface area contributed by atoms with Gasteiger partial charge in [0.15, 0.2) is 0 Å². The van der Waals surface area contributed by atoms with Crippen molar-refractivity contribution in [1.29, 1.82) is 0 Å². The third-order valence-electron chi connectivity index (χ3n) is 3.72. The van der Waals surface area contributed by atoms with Crippen LogP contribution in [0.15, 0.2) is 18.2 Å². The van der Waals surface area contributed by atoms with E-state index in [4.69, 9.17) is 4.74 Å². The van der Waals surface area contributed by atoms with Crippen LogP contribution in [0, 0.1) is 12.8 Å². The van der Waals surface area contributed by atoms with Crippen molar-refractivity contribution >= 4 is 11.6 Å². The number of carbonyl (C=O) groups excluding carboxylic acids is 1. The summed E-state index contributed by atoms with van der Waals surface area (Å²) in [4.78, 5) is 14.3. The van der Waals surface area contributed by atoms with Crippen LogP contribution >= 0.6 is 0 Å². The van der Waals surface area contributed by atoms with E-state index >= 15 is 0 Å². The van der Waals surface area contributed by atoms with Gasteiger partial charge < -0.3 is 15.0 Å². The number of methoxy groups -OCH3 is 1. The lowest BCUT2D eigenvalue weighted by Crippen LogP contribution is -2.29. The van der Waals surface area contributed by atoms with Crippen molar-refractivity contribution in [2.45, 2.75) is 13.3 Å². The molecule has 1 heterocycles. The van der Waals surface area contributed by atoms with E-state index in [9.17, 15) is 4.79 Å². The smallest absolute Gasteiger partial charge is 0.253 e. The van der Waals surface area contributed by atoms with Crippen LogP contribution in [0.3, 0.4) is 0 Å². The number of ether oxygens (including phenoxy) is 1. The van der Waals surface area contributed by atoms with E-state index in [1.165, 1.54) is 0 Å². The molecule has 1 N–H and O–H groups in total. The molecule has 4 heteroatoms. The van der Waals surface area contributed by atoms with Crippen LogP contribution in [-0.2, 0) is 4.74 Å². The van der Waals surface area contributed by atoms with E-state index < -0.39 is 0 Å². The van der Waals surface area contributed by atoms with Crippen molar-refractivity contribution in [2.75, 3.05) is 39.2 Å². The Kier molecular flexibility index (Phi) is 4.43. The third-order valence-corrected chi connectivity index (χ3v) is 3.72. The van der Waals surface area contributed by atoms with E-state index in [1.54, 1.807) is 7.11 Å². The predicted molar refractivity (Wildman–Crippen MR) is 76.6 cm³/mol. The van der Waals surface area contributed by atoms with Gasteiger partial charge in [0.05, 0.1) is 6.61 Å². The molecule has 4 nitrogen and oxygen atoms in total. The third kappa shape index (κ3) is 3.07. The Morgan fingerprint density at radius 2 is 2.32 bits per heavy atom. The molecule has 0 aromatic heterocycles. The van der Waals surface area contributed by atoms with E-state index in [0.29, 0.717) is 5.92 Å². The zero-order valence-electron chi connectivity index (χ0n) is 11.9. The van der Waals surface area contributed by atoms with Crippen LogP contribution in [0.25, 0.3) is 0 Å². The highest BCUT2D eigenvalue weighted by atomic mass is 16.5. The Morgan fingerprint density at radius 1 is 1.53 bits per heavy atom. The first-order chi connectivity index (χ1) is 9.15. The first-order valence-electron chi connectivity index (χ1n) is 6.72. The zero-order chi connectivity index (χ0) is 13.8. The molecule has 2 rings (SSSR count). The number of benzene rings is 1. The van der Waals surface area contributed by atoms with Crippen LogP contribution in [0.2, 0.25) is 0 Å². The lowest BCUT2D eigenvalue weighted by Gasteiger charge is -2.17. The quantitative estimate of drug-likeness (QED) is 0.904. The van der Waals surface area contributed by atoms with Crippen LogP contribution in [0.1, 0.15) is 22.3 Å². The second-order valence-electron chi connectivity index (χ2n) is 5.14. The molecule has 0 spiro atoms. The molecule has 1 fully saturated rings. The van der Waals surface area contributed by atoms with Gasteiger partial charge in [0, 0.05) is 44.4 Å². The van der Waals surface area contributed by atoms with Crippen molar-refractivity contribution < 1.29 is 9.53 Å². The van der Waals surface area contributed by atoms with Gasteiger partial charge >= 0.3 is 0 Å². The SMILES string of the molecule is CNc1ccc(C(=O)N2CCC(COC)C2)cc1C. The molecule has 1 aromatic rings. The van der Waals surface area contributed by atoms with Crippen LogP contribution in [-0.4, -0.2) is 44.7 Å². The summed E-state index contributed by atoms with van der Waals surface area (Å²) < 4.78 is 5.16. The zero-order valence-corrected chi connectivity index (χ0v) is 11.9. The lowest BCUT2D eigenvalue weighted by atomic mass is 10.1. The normalized spacial score (nSPS) is 18.7. The molecule has 0 saturated carbocycles. The summed E-state index contributed by atoms with van der Waals surface area (Å²) >= 11 is 0. The number of hydrogen-bond acceptors (Lipinski definition) is 3. The molecule has 1 atom stereocenters. The van der Waals surface area contributed by atoms with Crippen LogP contribution in [0.4, 0.5) is 5.69 Å². The molecule has 1 saturated heterocycles. The Hall–Kier alpha value is -1.55. The molecule has 1 amide bonds. The first kappa shape index (κ1) is 13.9. The van der Waals surface area contributed by atoms with E-state index in [0.717, 1.165) is 42.9 Å². The van der Waals surface area contributed by atoms with E-state index in [-0.39, 0.29) is 5.91 Å². The summed E-state index contributed by atoms with van der Waals surface area (Å²) in [5.74, 6) is 0.607. The minimum Gasteiger partial charge on any atom is -0.388 e. The number of carbonyl (C=O) groups is 1. The Labute approximate surface area is 114 Å². The molecule has 0 bridgehead atoms. The van der Waals surface area contributed by atoms with Gasteiger partial charge in [-0.15, -0.1) is 0 Å². The number of nitrogens with one attached hydrogen (secondary N) is 1. The van der Waals surface area contributed by atoms with Crippen molar-refractivity contribution in [2.24, 2.45) is 5.92 Å². The molecule has 0 aliphatic carbocycles. The van der Waals surface area contributed by atoms with Gasteiger partial charge in [-0.2, -0.15) is 0 Å². The summed E-state index contributed by atoms with van der Waals surface area (Å²) in [5, 5.41) is 3.11. The van der Waals surface area contributed by atoms with Crippen molar-refractivity contribution in [3.8, 4) is 0 Å². The molecule has 1 aromatic carbocycles. The number of likely N-dealkylation sites (tertiary alicyclic amines) is 1. The molecular formula is C15H22N2O2. The summed E-state index contributed by atoms with van der Waals surface area (Å²) in [6, 6.07) is 5.81. The standard InChI is InChI=1S/C15H22N2O2/c1-11-8-13(4-5-14(11)16-2)15(18)17-7-6-12(9-17)10-19-3/h4-5,8,12,16H,6-7,9-10H2,1-3H3. The number of amides is 1. The van der Waals surface area contributed by atoms with E-state index in [2.05, 4.69) is 5.32 Å². The molecule has 1 aliphatic heterocycles. The predicted octanol–water partition coefficient (Wildman–Crippen LogP) is 2.15. The first-order valence-corrected chi connectivity index (χ1v) is 6.72. The number of nitrogens with zero attached hydrogens (tertiary/aromatic N) is 1. The van der Waals surface area contributed by atoms with Crippen LogP contribution < -0.4 is 5.32 Å². The fraction of sp³-hybridized carbons (Fsp3) is 0.533. The fourth-order valence-corrected chi connectivity index (χ4v) is 2.65. The highest BCUT2D eigenvalue weighted by Gasteiger charge is 2.26. The van der Waals surface area contributed by atoms with Gasteiger partial charge in [-0.05, 0) is 37.1 Å². The van der Waals surface area contributed by atoms with Crippen molar-refractivity contribution in [3.63, 3.8) is 0 Å². The molecule has 1 aliphatic rings. The average Bonchev–Trinajstić information content (AvgIpc) is 2.87. The Balaban J connectivity index is 2.06. The van der Waals surface area contributed by atoms with Crippen molar-refractivity contribution in [1.82, 2.24) is 4.90 Å². The highest BCUT2D eigenvalue weighted by molar-refractivity contribution is 5.95. The van der Waals surface area contributed by atoms with Gasteiger partial charge in [-0.3, -0.25) is 4.79 Å². The van der Waals surface area contributed by atoms with Gasteiger partial charge in [0.1, 0.15) is 0 Å². The minimum atomic E-state index is 0.129. The number of rotatable bonds is 4. The second-order valence-corrected chi connectivity index (χ2v) is 5.14. The van der Waals surface area contributed by atoms with Crippen LogP contribution in [0.5, 0.6) is 0 Å². The molecule has 1 unspecified atom stereocenters. The maximum atomic E-state index is 12.4. The lowest BCUT2D eigenvalue weighted by molar-refractivity contribution is 0.0775. The summed E-state index contributed by atoms with van der Waals surface area (Å²) in [6.07, 6.45) is 1.03. The van der Waals surface area contributed by atoms with Gasteiger partial charge in [-0.25, -0.2) is 0 Å². The number of hydrogen-bond donors (Lipinski definition) is 1. The average molecular weight is 262 g/mol. The molecular weight excluding hydrogens is 240 g/mol. The fourth-order valence-electron chi connectivity index (χ4n) is 2.65. The molecule has 19 heavy (non-hydrogen) atoms. The number of aryl methyl sites for hydroxylation is 1. The molecule has 0 radical (unpaired) electrons. The Bertz CT molecular complexity index is 459. The van der Waals surface area contributed by atoms with Gasteiger partial charge in [0.25, 0.3) is 5.91 Å². The van der Waals surface area contributed by atoms with E-state index in [1.807, 2.05) is 37.1 Å². The topological polar surface area (TPSA) is 41.6 Å². The highest BCUT2D eigenvalue weighted by Crippen LogP contribution is 2.21. The second kappa shape index (κ2) is 6.06. The monoisotopic (exact) mass is 262 g/mol.